The van der Waals surface area contributed by atoms with Crippen molar-refractivity contribution in [2.45, 2.75) is 11.3 Å². The van der Waals surface area contributed by atoms with Crippen LogP contribution >= 0.6 is 15.8 Å². The first-order valence-corrected chi connectivity index (χ1v) is 13.6. The molecule has 0 N–H and O–H groups in total. The summed E-state index contributed by atoms with van der Waals surface area (Å²) in [6.07, 6.45) is 0. The Labute approximate surface area is 201 Å². The van der Waals surface area contributed by atoms with Gasteiger partial charge in [-0.05, 0) is 37.1 Å². The fourth-order valence-electron chi connectivity index (χ4n) is 4.05. The van der Waals surface area contributed by atoms with Crippen molar-refractivity contribution in [3.8, 4) is 0 Å². The van der Waals surface area contributed by atoms with Crippen LogP contribution in [-0.2, 0) is 9.59 Å². The van der Waals surface area contributed by atoms with E-state index in [4.69, 9.17) is 0 Å². The molecule has 0 saturated heterocycles. The van der Waals surface area contributed by atoms with Crippen molar-refractivity contribution in [2.24, 2.45) is 0 Å². The van der Waals surface area contributed by atoms with Crippen molar-refractivity contribution in [3.05, 3.63) is 121 Å². The fraction of sp³-hybridized carbons (Fsp3) is 0.0714. The van der Waals surface area contributed by atoms with E-state index in [9.17, 15) is 19.8 Å². The van der Waals surface area contributed by atoms with E-state index in [-0.39, 0.29) is 0 Å². The Morgan fingerprint density at radius 3 is 0.824 bits per heavy atom. The van der Waals surface area contributed by atoms with Crippen LogP contribution in [0.5, 0.6) is 0 Å². The molecule has 0 aliphatic heterocycles. The number of carboxylic acid groups (broad SMARTS) is 2. The van der Waals surface area contributed by atoms with E-state index in [1.54, 1.807) is 0 Å². The second-order valence-electron chi connectivity index (χ2n) is 7.61. The molecule has 2 unspecified atom stereocenters. The molecule has 0 heterocycles. The third-order valence-corrected chi connectivity index (χ3v) is 11.3. The molecule has 2 atom stereocenters. The zero-order valence-electron chi connectivity index (χ0n) is 18.2. The first-order chi connectivity index (χ1) is 16.6. The molecule has 0 saturated carbocycles. The van der Waals surface area contributed by atoms with Crippen LogP contribution in [-0.4, -0.2) is 23.3 Å². The highest BCUT2D eigenvalue weighted by atomic mass is 31.1. The summed E-state index contributed by atoms with van der Waals surface area (Å²) < 4.78 is 0. The molecule has 4 nitrogen and oxygen atoms in total. The molecule has 0 spiro atoms. The summed E-state index contributed by atoms with van der Waals surface area (Å²) in [4.78, 5) is 25.6. The largest absolute Gasteiger partial charge is 0.549 e. The Morgan fingerprint density at radius 1 is 0.441 bits per heavy atom. The summed E-state index contributed by atoms with van der Waals surface area (Å²) in [6, 6.07) is 37.0. The second kappa shape index (κ2) is 11.2. The number of hydrogen-bond acceptors (Lipinski definition) is 4. The predicted octanol–water partition coefficient (Wildman–Crippen LogP) is 1.49. The summed E-state index contributed by atoms with van der Waals surface area (Å²) in [5, 5.41) is 28.8. The monoisotopic (exact) mass is 484 g/mol. The minimum atomic E-state index is -1.61. The Kier molecular flexibility index (Phi) is 7.85. The van der Waals surface area contributed by atoms with E-state index in [1.165, 1.54) is 0 Å². The number of carbonyl (C=O) groups is 2. The molecule has 0 radical (unpaired) electrons. The van der Waals surface area contributed by atoms with Gasteiger partial charge in [-0.15, -0.1) is 0 Å². The molecule has 0 aliphatic rings. The van der Waals surface area contributed by atoms with Crippen molar-refractivity contribution in [1.82, 2.24) is 0 Å². The van der Waals surface area contributed by atoms with Crippen LogP contribution < -0.4 is 31.4 Å². The Morgan fingerprint density at radius 2 is 0.647 bits per heavy atom. The second-order valence-corrected chi connectivity index (χ2v) is 12.3. The van der Waals surface area contributed by atoms with Gasteiger partial charge in [-0.3, -0.25) is 0 Å². The summed E-state index contributed by atoms with van der Waals surface area (Å²) in [5.41, 5.74) is -2.59. The molecular formula is C28H22O4P2-2. The molecule has 4 aromatic carbocycles. The number of aliphatic carboxylic acids is 2. The lowest BCUT2D eigenvalue weighted by molar-refractivity contribution is -0.313. The van der Waals surface area contributed by atoms with Gasteiger partial charge >= 0.3 is 0 Å². The lowest BCUT2D eigenvalue weighted by Gasteiger charge is -2.40. The third kappa shape index (κ3) is 5.25. The molecule has 4 rings (SSSR count). The van der Waals surface area contributed by atoms with E-state index in [0.717, 1.165) is 21.2 Å². The Bertz CT molecular complexity index is 1040. The zero-order chi connectivity index (χ0) is 23.9. The van der Waals surface area contributed by atoms with Crippen molar-refractivity contribution >= 4 is 49.0 Å². The lowest BCUT2D eigenvalue weighted by atomic mass is 10.3. The van der Waals surface area contributed by atoms with Gasteiger partial charge in [-0.2, -0.15) is 0 Å². The molecule has 34 heavy (non-hydrogen) atoms. The smallest absolute Gasteiger partial charge is 0.0504 e. The molecule has 170 valence electrons. The van der Waals surface area contributed by atoms with Gasteiger partial charge in [-0.1, -0.05) is 121 Å². The van der Waals surface area contributed by atoms with Crippen LogP contribution in [0.3, 0.4) is 0 Å². The van der Waals surface area contributed by atoms with Gasteiger partial charge in [0.15, 0.2) is 0 Å². The Balaban J connectivity index is 1.95. The summed E-state index contributed by atoms with van der Waals surface area (Å²) >= 11 is 0. The van der Waals surface area contributed by atoms with E-state index in [2.05, 4.69) is 0 Å². The maximum atomic E-state index is 12.8. The van der Waals surface area contributed by atoms with Gasteiger partial charge in [0, 0.05) is 11.3 Å². The van der Waals surface area contributed by atoms with Crippen LogP contribution in [0.15, 0.2) is 121 Å². The van der Waals surface area contributed by atoms with Crippen molar-refractivity contribution < 1.29 is 19.8 Å². The number of hydrogen-bond donors (Lipinski definition) is 0. The number of carbonyl (C=O) groups excluding carboxylic acids is 2. The normalized spacial score (nSPS) is 12.9. The lowest BCUT2D eigenvalue weighted by Crippen LogP contribution is -2.53. The number of carboxylic acids is 2. The maximum absolute atomic E-state index is 12.8. The molecule has 4 aromatic rings. The zero-order valence-corrected chi connectivity index (χ0v) is 20.0. The topological polar surface area (TPSA) is 80.3 Å². The maximum Gasteiger partial charge on any atom is 0.0504 e. The standard InChI is InChI=1S/C28H24O4P2/c29-27(30)25(33(21-13-5-1-6-14-21)22-15-7-2-8-16-22)26(28(31)32)34(23-17-9-3-10-18-23)24-19-11-4-12-20-24/h1-20,25-26H,(H,29,30)(H,31,32)/p-2. The number of benzene rings is 4. The van der Waals surface area contributed by atoms with Gasteiger partial charge in [0.2, 0.25) is 0 Å². The highest BCUT2D eigenvalue weighted by Gasteiger charge is 2.39. The molecule has 0 amide bonds. The summed E-state index contributed by atoms with van der Waals surface area (Å²) in [6.45, 7) is 0. The summed E-state index contributed by atoms with van der Waals surface area (Å²) in [5.74, 6) is -2.76. The SMILES string of the molecule is O=C([O-])C(C(C(=O)[O-])P(c1ccccc1)c1ccccc1)P(c1ccccc1)c1ccccc1. The summed E-state index contributed by atoms with van der Waals surface area (Å²) in [7, 11) is -3.21. The van der Waals surface area contributed by atoms with Crippen LogP contribution in [0.4, 0.5) is 0 Å². The number of rotatable bonds is 9. The highest BCUT2D eigenvalue weighted by molar-refractivity contribution is 7.78. The minimum Gasteiger partial charge on any atom is -0.549 e. The molecule has 0 aromatic heterocycles. The predicted molar refractivity (Wildman–Crippen MR) is 136 cm³/mol. The van der Waals surface area contributed by atoms with Gasteiger partial charge in [-0.25, -0.2) is 0 Å². The molecule has 0 aliphatic carbocycles. The van der Waals surface area contributed by atoms with E-state index in [1.807, 2.05) is 121 Å². The van der Waals surface area contributed by atoms with Crippen LogP contribution in [0, 0.1) is 0 Å². The average molecular weight is 484 g/mol. The van der Waals surface area contributed by atoms with Crippen molar-refractivity contribution in [1.29, 1.82) is 0 Å². The molecule has 6 heteroatoms. The van der Waals surface area contributed by atoms with Gasteiger partial charge < -0.3 is 19.8 Å². The van der Waals surface area contributed by atoms with Crippen LogP contribution in [0.25, 0.3) is 0 Å². The molecule has 0 bridgehead atoms. The van der Waals surface area contributed by atoms with Gasteiger partial charge in [0.25, 0.3) is 0 Å². The highest BCUT2D eigenvalue weighted by Crippen LogP contribution is 2.51. The molecular weight excluding hydrogens is 462 g/mol. The van der Waals surface area contributed by atoms with Gasteiger partial charge in [0.1, 0.15) is 0 Å². The van der Waals surface area contributed by atoms with E-state index in [0.29, 0.717) is 0 Å². The quantitative estimate of drug-likeness (QED) is 0.337. The Hall–Kier alpha value is -3.32. The first kappa shape index (κ1) is 23.8. The average Bonchev–Trinajstić information content (AvgIpc) is 2.88. The van der Waals surface area contributed by atoms with E-state index >= 15 is 0 Å². The first-order valence-electron chi connectivity index (χ1n) is 10.8. The van der Waals surface area contributed by atoms with Gasteiger partial charge in [0.05, 0.1) is 11.9 Å². The van der Waals surface area contributed by atoms with Crippen LogP contribution in [0.2, 0.25) is 0 Å². The molecule has 0 fully saturated rings. The van der Waals surface area contributed by atoms with Crippen LogP contribution in [0.1, 0.15) is 0 Å². The van der Waals surface area contributed by atoms with Crippen molar-refractivity contribution in [2.75, 3.05) is 0 Å². The minimum absolute atomic E-state index is 0.778. The van der Waals surface area contributed by atoms with Crippen molar-refractivity contribution in [3.63, 3.8) is 0 Å². The third-order valence-electron chi connectivity index (χ3n) is 5.48. The van der Waals surface area contributed by atoms with E-state index < -0.39 is 39.1 Å². The fourth-order valence-corrected chi connectivity index (χ4v) is 9.93.